The van der Waals surface area contributed by atoms with Crippen molar-refractivity contribution < 1.29 is 9.59 Å². The van der Waals surface area contributed by atoms with E-state index in [4.69, 9.17) is 7.85 Å². The molecule has 0 saturated carbocycles. The molecule has 0 unspecified atom stereocenters. The van der Waals surface area contributed by atoms with E-state index in [0.717, 1.165) is 0 Å². The first-order valence-electron chi connectivity index (χ1n) is 4.48. The van der Waals surface area contributed by atoms with Crippen molar-refractivity contribution in [3.63, 3.8) is 0 Å². The Morgan fingerprint density at radius 3 is 2.43 bits per heavy atom. The van der Waals surface area contributed by atoms with Gasteiger partial charge in [0.15, 0.2) is 0 Å². The van der Waals surface area contributed by atoms with Crippen molar-refractivity contribution in [1.29, 1.82) is 0 Å². The molecule has 0 aromatic rings. The minimum atomic E-state index is -0.219. The summed E-state index contributed by atoms with van der Waals surface area (Å²) in [6, 6.07) is 0. The van der Waals surface area contributed by atoms with Crippen LogP contribution in [0.25, 0.3) is 0 Å². The Balaban J connectivity index is 4.09. The Bertz CT molecular complexity index is 199. The Kier molecular flexibility index (Phi) is 6.83. The predicted octanol–water partition coefficient (Wildman–Crippen LogP) is -1.63. The number of hydrogen-bond donors (Lipinski definition) is 2. The van der Waals surface area contributed by atoms with Gasteiger partial charge in [-0.1, -0.05) is 0 Å². The number of carbonyl (C=O) groups excluding carboxylic acids is 2. The zero-order chi connectivity index (χ0) is 11.0. The molecule has 2 amide bonds. The summed E-state index contributed by atoms with van der Waals surface area (Å²) in [5, 5.41) is 5.36. The lowest BCUT2D eigenvalue weighted by Gasteiger charge is -2.21. The Labute approximate surface area is 85.6 Å². The van der Waals surface area contributed by atoms with Gasteiger partial charge in [0.1, 0.15) is 0 Å². The van der Waals surface area contributed by atoms with Gasteiger partial charge in [-0.25, -0.2) is 0 Å². The molecule has 0 aliphatic heterocycles. The van der Waals surface area contributed by atoms with E-state index in [9.17, 15) is 9.59 Å². The largest absolute Gasteiger partial charge is 0.358 e. The number of carbonyl (C=O) groups is 2. The zero-order valence-electron chi connectivity index (χ0n) is 8.67. The van der Waals surface area contributed by atoms with Crippen LogP contribution in [0, 0.1) is 0 Å². The molecule has 78 valence electrons. The van der Waals surface area contributed by atoms with E-state index < -0.39 is 0 Å². The Morgan fingerprint density at radius 1 is 1.36 bits per heavy atom. The highest BCUT2D eigenvalue weighted by atomic mass is 16.2. The second kappa shape index (κ2) is 7.38. The lowest BCUT2D eigenvalue weighted by Crippen LogP contribution is -2.42. The smallest absolute Gasteiger partial charge is 0.239 e. The monoisotopic (exact) mass is 197 g/mol. The number of rotatable bonds is 6. The van der Waals surface area contributed by atoms with E-state index >= 15 is 0 Å². The molecule has 5 nitrogen and oxygen atoms in total. The molecule has 0 bridgehead atoms. The molecular weight excluding hydrogens is 181 g/mol. The summed E-state index contributed by atoms with van der Waals surface area (Å²) in [5.74, 6) is -0.410. The number of nitrogens with one attached hydrogen (secondary N) is 2. The molecule has 0 atom stereocenters. The summed E-state index contributed by atoms with van der Waals surface area (Å²) < 4.78 is 0. The molecule has 2 N–H and O–H groups in total. The molecule has 0 rings (SSSR count). The van der Waals surface area contributed by atoms with Gasteiger partial charge in [0, 0.05) is 20.1 Å². The highest BCUT2D eigenvalue weighted by Gasteiger charge is 2.13. The molecule has 0 aromatic heterocycles. The van der Waals surface area contributed by atoms with Crippen molar-refractivity contribution in [2.45, 2.75) is 6.32 Å². The molecule has 6 heteroatoms. The van der Waals surface area contributed by atoms with Crippen LogP contribution < -0.4 is 10.6 Å². The van der Waals surface area contributed by atoms with Crippen molar-refractivity contribution in [3.8, 4) is 0 Å². The van der Waals surface area contributed by atoms with Gasteiger partial charge < -0.3 is 15.5 Å². The minimum absolute atomic E-state index is 0.0637. The van der Waals surface area contributed by atoms with Gasteiger partial charge in [0.05, 0.1) is 14.4 Å². The summed E-state index contributed by atoms with van der Waals surface area (Å²) in [4.78, 5) is 23.7. The first-order chi connectivity index (χ1) is 6.65. The maximum Gasteiger partial charge on any atom is 0.239 e. The summed E-state index contributed by atoms with van der Waals surface area (Å²) in [7, 11) is 8.53. The van der Waals surface area contributed by atoms with Gasteiger partial charge in [0.25, 0.3) is 0 Å². The highest BCUT2D eigenvalue weighted by Crippen LogP contribution is 1.92. The summed E-state index contributed by atoms with van der Waals surface area (Å²) in [6.07, 6.45) is -0.0687. The van der Waals surface area contributed by atoms with Crippen LogP contribution in [0.4, 0.5) is 0 Å². The van der Waals surface area contributed by atoms with Gasteiger partial charge in [-0.3, -0.25) is 9.59 Å². The topological polar surface area (TPSA) is 61.4 Å². The van der Waals surface area contributed by atoms with E-state index in [1.54, 1.807) is 7.05 Å². The normalized spacial score (nSPS) is 9.57. The van der Waals surface area contributed by atoms with Crippen molar-refractivity contribution in [1.82, 2.24) is 15.5 Å². The minimum Gasteiger partial charge on any atom is -0.358 e. The van der Waals surface area contributed by atoms with Crippen LogP contribution in [0.1, 0.15) is 0 Å². The van der Waals surface area contributed by atoms with E-state index in [1.165, 1.54) is 11.9 Å². The van der Waals surface area contributed by atoms with Gasteiger partial charge in [-0.05, 0) is 13.4 Å². The van der Waals surface area contributed by atoms with E-state index in [-0.39, 0.29) is 24.7 Å². The fourth-order valence-corrected chi connectivity index (χ4v) is 0.920. The van der Waals surface area contributed by atoms with Gasteiger partial charge in [-0.15, -0.1) is 0 Å². The van der Waals surface area contributed by atoms with Crippen molar-refractivity contribution in [3.05, 3.63) is 0 Å². The third kappa shape index (κ3) is 4.86. The Morgan fingerprint density at radius 2 is 2.00 bits per heavy atom. The van der Waals surface area contributed by atoms with Crippen molar-refractivity contribution in [2.24, 2.45) is 0 Å². The lowest BCUT2D eigenvalue weighted by molar-refractivity contribution is -0.134. The predicted molar refractivity (Wildman–Crippen MR) is 55.1 cm³/mol. The third-order valence-electron chi connectivity index (χ3n) is 1.77. The van der Waals surface area contributed by atoms with Crippen LogP contribution in [-0.4, -0.2) is 58.3 Å². The molecule has 2 radical (unpaired) electrons. The lowest BCUT2D eigenvalue weighted by atomic mass is 10.0. The second-order valence-electron chi connectivity index (χ2n) is 2.80. The number of nitrogens with zero attached hydrogens (tertiary/aromatic N) is 1. The molecule has 0 aromatic carbocycles. The Hall–Kier alpha value is -1.04. The van der Waals surface area contributed by atoms with Crippen LogP contribution in [0.3, 0.4) is 0 Å². The summed E-state index contributed by atoms with van der Waals surface area (Å²) >= 11 is 0. The standard InChI is InChI=1S/C8H16BN3O2/c1-10-3-4-12(8(14)5-9)6-7(13)11-2/h10H,3-6H2,1-2H3,(H,11,13). The summed E-state index contributed by atoms with van der Waals surface area (Å²) in [6.45, 7) is 1.19. The average Bonchev–Trinajstić information content (AvgIpc) is 2.22. The number of likely N-dealkylation sites (N-methyl/N-ethyl adjacent to an activating group) is 2. The quantitative estimate of drug-likeness (QED) is 0.502. The SMILES string of the molecule is [B]CC(=O)N(CCNC)CC(=O)NC. The van der Waals surface area contributed by atoms with Gasteiger partial charge in [-0.2, -0.15) is 0 Å². The molecule has 0 heterocycles. The van der Waals surface area contributed by atoms with E-state index in [1.807, 2.05) is 0 Å². The van der Waals surface area contributed by atoms with Crippen LogP contribution in [0.2, 0.25) is 6.32 Å². The third-order valence-corrected chi connectivity index (χ3v) is 1.77. The van der Waals surface area contributed by atoms with E-state index in [2.05, 4.69) is 10.6 Å². The molecule has 0 aliphatic rings. The molecule has 0 saturated heterocycles. The maximum absolute atomic E-state index is 11.3. The van der Waals surface area contributed by atoms with Gasteiger partial charge >= 0.3 is 0 Å². The zero-order valence-corrected chi connectivity index (χ0v) is 8.67. The van der Waals surface area contributed by atoms with Crippen molar-refractivity contribution >= 4 is 19.7 Å². The maximum atomic E-state index is 11.3. The molecule has 0 spiro atoms. The molecular formula is C8H16BN3O2. The number of hydrogen-bond acceptors (Lipinski definition) is 3. The molecule has 0 fully saturated rings. The van der Waals surface area contributed by atoms with Crippen LogP contribution in [-0.2, 0) is 9.59 Å². The van der Waals surface area contributed by atoms with E-state index in [0.29, 0.717) is 13.1 Å². The molecule has 14 heavy (non-hydrogen) atoms. The summed E-state index contributed by atoms with van der Waals surface area (Å²) in [5.41, 5.74) is 0. The fraction of sp³-hybridized carbons (Fsp3) is 0.750. The molecule has 0 aliphatic carbocycles. The van der Waals surface area contributed by atoms with Crippen LogP contribution in [0.5, 0.6) is 0 Å². The van der Waals surface area contributed by atoms with Gasteiger partial charge in [0.2, 0.25) is 11.8 Å². The van der Waals surface area contributed by atoms with Crippen LogP contribution in [0.15, 0.2) is 0 Å². The first-order valence-corrected chi connectivity index (χ1v) is 4.48. The number of amides is 2. The van der Waals surface area contributed by atoms with Crippen molar-refractivity contribution in [2.75, 3.05) is 33.7 Å². The van der Waals surface area contributed by atoms with Crippen LogP contribution >= 0.6 is 0 Å². The second-order valence-corrected chi connectivity index (χ2v) is 2.80. The highest BCUT2D eigenvalue weighted by molar-refractivity contribution is 6.19. The first kappa shape index (κ1) is 13.0. The average molecular weight is 197 g/mol. The fourth-order valence-electron chi connectivity index (χ4n) is 0.920.